The normalized spacial score (nSPS) is 9.90. The predicted molar refractivity (Wildman–Crippen MR) is 47.4 cm³/mol. The number of aryl methyl sites for hydroxylation is 1. The summed E-state index contributed by atoms with van der Waals surface area (Å²) in [6.45, 7) is 2.09. The molecule has 0 heterocycles. The van der Waals surface area contributed by atoms with Gasteiger partial charge in [-0.15, -0.1) is 0 Å². The fourth-order valence-electron chi connectivity index (χ4n) is 0.753. The van der Waals surface area contributed by atoms with E-state index in [0.717, 1.165) is 15.9 Å². The lowest BCUT2D eigenvalue weighted by Crippen LogP contribution is -1.81. The number of hydrogen-bond acceptors (Lipinski definition) is 0. The molecule has 0 aromatic heterocycles. The van der Waals surface area contributed by atoms with E-state index in [2.05, 4.69) is 28.9 Å². The standard InChI is InChI=1S/C8H7BrCl/c1-2-6-4-3-5-7(10)8(6)9/h4-5H,2H2,1H3. The molecule has 0 bridgehead atoms. The summed E-state index contributed by atoms with van der Waals surface area (Å²) < 4.78 is 0.996. The maximum atomic E-state index is 5.81. The largest absolute Gasteiger partial charge is 0.0831 e. The van der Waals surface area contributed by atoms with Crippen LogP contribution in [-0.4, -0.2) is 0 Å². The number of halogens is 2. The molecule has 0 fully saturated rings. The fraction of sp³-hybridized carbons (Fsp3) is 0.250. The zero-order chi connectivity index (χ0) is 7.56. The van der Waals surface area contributed by atoms with Crippen molar-refractivity contribution in [1.29, 1.82) is 0 Å². The maximum absolute atomic E-state index is 5.81. The van der Waals surface area contributed by atoms with Crippen molar-refractivity contribution in [2.45, 2.75) is 13.3 Å². The van der Waals surface area contributed by atoms with Crippen LogP contribution in [0.4, 0.5) is 0 Å². The summed E-state index contributed by atoms with van der Waals surface area (Å²) in [6, 6.07) is 6.65. The predicted octanol–water partition coefficient (Wildman–Crippen LogP) is 3.47. The Kier molecular flexibility index (Phi) is 2.75. The highest BCUT2D eigenvalue weighted by Gasteiger charge is 1.99. The molecule has 0 unspecified atom stereocenters. The van der Waals surface area contributed by atoms with Crippen molar-refractivity contribution in [2.24, 2.45) is 0 Å². The zero-order valence-electron chi connectivity index (χ0n) is 5.62. The molecule has 0 aliphatic carbocycles. The van der Waals surface area contributed by atoms with Crippen LogP contribution in [0.1, 0.15) is 12.5 Å². The molecule has 1 rings (SSSR count). The van der Waals surface area contributed by atoms with Crippen molar-refractivity contribution in [3.8, 4) is 0 Å². The van der Waals surface area contributed by atoms with Gasteiger partial charge in [0.05, 0.1) is 5.02 Å². The Morgan fingerprint density at radius 2 is 2.30 bits per heavy atom. The van der Waals surface area contributed by atoms with Crippen LogP contribution in [0, 0.1) is 6.07 Å². The summed E-state index contributed by atoms with van der Waals surface area (Å²) in [5, 5.41) is 0.736. The molecule has 0 atom stereocenters. The first-order valence-electron chi connectivity index (χ1n) is 3.09. The molecule has 0 aliphatic heterocycles. The first kappa shape index (κ1) is 8.09. The third-order valence-corrected chi connectivity index (χ3v) is 2.80. The molecule has 0 aliphatic rings. The number of rotatable bonds is 1. The Labute approximate surface area is 74.3 Å². The van der Waals surface area contributed by atoms with Gasteiger partial charge in [-0.3, -0.25) is 0 Å². The van der Waals surface area contributed by atoms with E-state index in [1.807, 2.05) is 6.07 Å². The fourth-order valence-corrected chi connectivity index (χ4v) is 1.45. The van der Waals surface area contributed by atoms with E-state index >= 15 is 0 Å². The maximum Gasteiger partial charge on any atom is 0.0557 e. The minimum atomic E-state index is 0.736. The van der Waals surface area contributed by atoms with Crippen molar-refractivity contribution in [1.82, 2.24) is 0 Å². The van der Waals surface area contributed by atoms with Crippen LogP contribution in [0.5, 0.6) is 0 Å². The van der Waals surface area contributed by atoms with Gasteiger partial charge in [0.1, 0.15) is 0 Å². The summed E-state index contributed by atoms with van der Waals surface area (Å²) in [5.74, 6) is 0. The first-order valence-corrected chi connectivity index (χ1v) is 4.26. The highest BCUT2D eigenvalue weighted by molar-refractivity contribution is 9.10. The van der Waals surface area contributed by atoms with Gasteiger partial charge in [-0.2, -0.15) is 0 Å². The van der Waals surface area contributed by atoms with E-state index in [0.29, 0.717) is 0 Å². The van der Waals surface area contributed by atoms with Crippen LogP contribution in [0.3, 0.4) is 0 Å². The van der Waals surface area contributed by atoms with Gasteiger partial charge in [-0.05, 0) is 46.1 Å². The van der Waals surface area contributed by atoms with Crippen LogP contribution in [0.2, 0.25) is 5.02 Å². The molecule has 0 spiro atoms. The average Bonchev–Trinajstić information content (AvgIpc) is 1.95. The lowest BCUT2D eigenvalue weighted by atomic mass is 10.2. The van der Waals surface area contributed by atoms with Crippen molar-refractivity contribution in [3.63, 3.8) is 0 Å². The topological polar surface area (TPSA) is 0 Å². The average molecular weight is 219 g/mol. The van der Waals surface area contributed by atoms with Crippen LogP contribution >= 0.6 is 27.5 Å². The summed E-state index contributed by atoms with van der Waals surface area (Å²) in [7, 11) is 0. The second kappa shape index (κ2) is 3.40. The minimum absolute atomic E-state index is 0.736. The Bertz CT molecular complexity index is 233. The third kappa shape index (κ3) is 1.53. The molecule has 1 aromatic rings. The van der Waals surface area contributed by atoms with Gasteiger partial charge in [0.25, 0.3) is 0 Å². The molecule has 0 saturated carbocycles. The van der Waals surface area contributed by atoms with E-state index in [1.165, 1.54) is 5.56 Å². The van der Waals surface area contributed by atoms with Gasteiger partial charge in [0.2, 0.25) is 0 Å². The Hall–Kier alpha value is -0.0100. The molecule has 0 saturated heterocycles. The molecule has 10 heavy (non-hydrogen) atoms. The second-order valence-corrected chi connectivity index (χ2v) is 3.20. The summed E-state index contributed by atoms with van der Waals surface area (Å²) >= 11 is 9.20. The van der Waals surface area contributed by atoms with Crippen LogP contribution in [-0.2, 0) is 6.42 Å². The molecule has 53 valence electrons. The van der Waals surface area contributed by atoms with Crippen molar-refractivity contribution in [2.75, 3.05) is 0 Å². The highest BCUT2D eigenvalue weighted by Crippen LogP contribution is 2.25. The summed E-state index contributed by atoms with van der Waals surface area (Å²) in [6.07, 6.45) is 0.984. The molecular weight excluding hydrogens is 211 g/mol. The van der Waals surface area contributed by atoms with Crippen LogP contribution in [0.25, 0.3) is 0 Å². The monoisotopic (exact) mass is 217 g/mol. The minimum Gasteiger partial charge on any atom is -0.0831 e. The van der Waals surface area contributed by atoms with Crippen molar-refractivity contribution in [3.05, 3.63) is 33.3 Å². The molecule has 2 heteroatoms. The SMILES string of the molecule is CCc1c[c]cc(Cl)c1Br. The van der Waals surface area contributed by atoms with Gasteiger partial charge >= 0.3 is 0 Å². The van der Waals surface area contributed by atoms with E-state index in [4.69, 9.17) is 11.6 Å². The van der Waals surface area contributed by atoms with Crippen LogP contribution < -0.4 is 0 Å². The quantitative estimate of drug-likeness (QED) is 0.677. The van der Waals surface area contributed by atoms with E-state index in [9.17, 15) is 0 Å². The van der Waals surface area contributed by atoms with Gasteiger partial charge in [-0.25, -0.2) is 0 Å². The van der Waals surface area contributed by atoms with Gasteiger partial charge in [0, 0.05) is 4.47 Å². The lowest BCUT2D eigenvalue weighted by molar-refractivity contribution is 1.13. The Morgan fingerprint density at radius 1 is 1.60 bits per heavy atom. The van der Waals surface area contributed by atoms with Gasteiger partial charge in [-0.1, -0.05) is 18.5 Å². The van der Waals surface area contributed by atoms with Crippen molar-refractivity contribution < 1.29 is 0 Å². The highest BCUT2D eigenvalue weighted by atomic mass is 79.9. The molecule has 0 amide bonds. The number of hydrogen-bond donors (Lipinski definition) is 0. The molecular formula is C8H7BrCl. The Balaban J connectivity index is 3.14. The Morgan fingerprint density at radius 3 is 2.80 bits per heavy atom. The smallest absolute Gasteiger partial charge is 0.0557 e. The molecule has 1 aromatic carbocycles. The first-order chi connectivity index (χ1) is 4.75. The lowest BCUT2D eigenvalue weighted by Gasteiger charge is -2.00. The van der Waals surface area contributed by atoms with Crippen LogP contribution in [0.15, 0.2) is 16.6 Å². The third-order valence-electron chi connectivity index (χ3n) is 1.34. The van der Waals surface area contributed by atoms with Gasteiger partial charge in [0.15, 0.2) is 0 Å². The van der Waals surface area contributed by atoms with E-state index in [-0.39, 0.29) is 0 Å². The molecule has 1 radical (unpaired) electrons. The zero-order valence-corrected chi connectivity index (χ0v) is 7.96. The van der Waals surface area contributed by atoms with Gasteiger partial charge < -0.3 is 0 Å². The van der Waals surface area contributed by atoms with E-state index < -0.39 is 0 Å². The number of benzene rings is 1. The summed E-state index contributed by atoms with van der Waals surface area (Å²) in [5.41, 5.74) is 1.20. The van der Waals surface area contributed by atoms with Crippen molar-refractivity contribution >= 4 is 27.5 Å². The molecule has 0 nitrogen and oxygen atoms in total. The second-order valence-electron chi connectivity index (χ2n) is 2.00. The summed E-state index contributed by atoms with van der Waals surface area (Å²) in [4.78, 5) is 0. The molecule has 0 N–H and O–H groups in total. The van der Waals surface area contributed by atoms with E-state index in [1.54, 1.807) is 6.07 Å².